The first-order valence-electron chi connectivity index (χ1n) is 8.45. The summed E-state index contributed by atoms with van der Waals surface area (Å²) in [6.07, 6.45) is 6.44. The first-order chi connectivity index (χ1) is 11.1. The van der Waals surface area contributed by atoms with Gasteiger partial charge in [0.25, 0.3) is 0 Å². The Morgan fingerprint density at radius 3 is 2.57 bits per heavy atom. The summed E-state index contributed by atoms with van der Waals surface area (Å²) in [5, 5.41) is 12.5. The van der Waals surface area contributed by atoms with E-state index >= 15 is 0 Å². The molecule has 1 aliphatic heterocycles. The lowest BCUT2D eigenvalue weighted by molar-refractivity contribution is 0.288. The summed E-state index contributed by atoms with van der Waals surface area (Å²) in [5.74, 6) is 1.32. The molecule has 1 aromatic heterocycles. The fraction of sp³-hybridized carbons (Fsp3) is 0.556. The van der Waals surface area contributed by atoms with Crippen LogP contribution in [0.3, 0.4) is 0 Å². The van der Waals surface area contributed by atoms with Gasteiger partial charge in [-0.2, -0.15) is 0 Å². The number of hydrogen-bond acceptors (Lipinski definition) is 5. The Labute approximate surface area is 141 Å². The SMILES string of the molecule is CC1(C)SC2(CCCCC2)N[C@@H]1c1nnc(-c2ccccc2)o1. The smallest absolute Gasteiger partial charge is 0.247 e. The van der Waals surface area contributed by atoms with Crippen molar-refractivity contribution in [1.82, 2.24) is 15.5 Å². The lowest BCUT2D eigenvalue weighted by Crippen LogP contribution is -2.40. The van der Waals surface area contributed by atoms with Crippen LogP contribution >= 0.6 is 11.8 Å². The second-order valence-electron chi connectivity index (χ2n) is 7.15. The molecule has 1 N–H and O–H groups in total. The van der Waals surface area contributed by atoms with Gasteiger partial charge in [0, 0.05) is 10.3 Å². The lowest BCUT2D eigenvalue weighted by atomic mass is 9.93. The molecule has 1 saturated carbocycles. The van der Waals surface area contributed by atoms with Gasteiger partial charge in [-0.05, 0) is 38.8 Å². The Balaban J connectivity index is 1.61. The number of nitrogens with one attached hydrogen (secondary N) is 1. The summed E-state index contributed by atoms with van der Waals surface area (Å²) in [6, 6.07) is 10.1. The average Bonchev–Trinajstić information content (AvgIpc) is 3.12. The van der Waals surface area contributed by atoms with Gasteiger partial charge in [-0.25, -0.2) is 0 Å². The molecule has 2 aliphatic rings. The van der Waals surface area contributed by atoms with Gasteiger partial charge in [-0.3, -0.25) is 5.32 Å². The standard InChI is InChI=1S/C18H23N3OS/c1-17(2)14(19-18(23-17)11-7-4-8-12-18)16-21-20-15(22-16)13-9-5-3-6-10-13/h3,5-6,9-10,14,19H,4,7-8,11-12H2,1-2H3/t14-/m1/s1. The van der Waals surface area contributed by atoms with Crippen LogP contribution in [0, 0.1) is 0 Å². The number of benzene rings is 1. The molecule has 0 radical (unpaired) electrons. The minimum atomic E-state index is 0.0534. The molecule has 1 atom stereocenters. The van der Waals surface area contributed by atoms with Crippen molar-refractivity contribution in [1.29, 1.82) is 0 Å². The third-order valence-corrected chi connectivity index (χ3v) is 6.61. The summed E-state index contributed by atoms with van der Waals surface area (Å²) >= 11 is 2.06. The molecule has 23 heavy (non-hydrogen) atoms. The fourth-order valence-electron chi connectivity index (χ4n) is 3.81. The topological polar surface area (TPSA) is 51.0 Å². The molecular formula is C18H23N3OS. The predicted octanol–water partition coefficient (Wildman–Crippen LogP) is 4.55. The highest BCUT2D eigenvalue weighted by molar-refractivity contribution is 8.02. The molecule has 1 aliphatic carbocycles. The second-order valence-corrected chi connectivity index (χ2v) is 9.19. The molecule has 0 bridgehead atoms. The number of rotatable bonds is 2. The molecule has 5 heteroatoms. The Hall–Kier alpha value is -1.33. The predicted molar refractivity (Wildman–Crippen MR) is 93.1 cm³/mol. The zero-order chi connectivity index (χ0) is 15.9. The third-order valence-electron chi connectivity index (χ3n) is 4.93. The van der Waals surface area contributed by atoms with Crippen molar-refractivity contribution in [3.63, 3.8) is 0 Å². The van der Waals surface area contributed by atoms with Crippen LogP contribution in [0.4, 0.5) is 0 Å². The van der Waals surface area contributed by atoms with E-state index in [4.69, 9.17) is 4.42 Å². The van der Waals surface area contributed by atoms with E-state index in [1.807, 2.05) is 30.3 Å². The molecule has 1 spiro atoms. The highest BCUT2D eigenvalue weighted by Crippen LogP contribution is 2.55. The van der Waals surface area contributed by atoms with E-state index in [0.29, 0.717) is 11.8 Å². The van der Waals surface area contributed by atoms with Gasteiger partial charge in [0.15, 0.2) is 0 Å². The Morgan fingerprint density at radius 2 is 1.83 bits per heavy atom. The van der Waals surface area contributed by atoms with E-state index in [2.05, 4.69) is 41.1 Å². The molecule has 4 rings (SSSR count). The largest absolute Gasteiger partial charge is 0.419 e. The van der Waals surface area contributed by atoms with Crippen molar-refractivity contribution in [2.75, 3.05) is 0 Å². The summed E-state index contributed by atoms with van der Waals surface area (Å²) in [4.78, 5) is 0.188. The van der Waals surface area contributed by atoms with Gasteiger partial charge in [-0.15, -0.1) is 22.0 Å². The molecule has 1 aromatic carbocycles. The van der Waals surface area contributed by atoms with Gasteiger partial charge >= 0.3 is 0 Å². The Kier molecular flexibility index (Phi) is 3.73. The monoisotopic (exact) mass is 329 g/mol. The van der Waals surface area contributed by atoms with Gasteiger partial charge in [0.2, 0.25) is 11.8 Å². The van der Waals surface area contributed by atoms with Crippen LogP contribution in [0.1, 0.15) is 57.9 Å². The normalized spacial score (nSPS) is 25.7. The minimum absolute atomic E-state index is 0.0534. The lowest BCUT2D eigenvalue weighted by Gasteiger charge is -2.33. The van der Waals surface area contributed by atoms with Crippen LogP contribution in [-0.4, -0.2) is 19.8 Å². The van der Waals surface area contributed by atoms with Crippen LogP contribution in [0.2, 0.25) is 0 Å². The van der Waals surface area contributed by atoms with E-state index < -0.39 is 0 Å². The molecule has 2 aromatic rings. The van der Waals surface area contributed by atoms with Crippen molar-refractivity contribution in [2.24, 2.45) is 0 Å². The minimum Gasteiger partial charge on any atom is -0.419 e. The fourth-order valence-corrected chi connectivity index (χ4v) is 5.76. The summed E-state index contributed by atoms with van der Waals surface area (Å²) in [5.41, 5.74) is 0.974. The number of aromatic nitrogens is 2. The van der Waals surface area contributed by atoms with Crippen LogP contribution in [-0.2, 0) is 0 Å². The van der Waals surface area contributed by atoms with E-state index in [0.717, 1.165) is 5.56 Å². The van der Waals surface area contributed by atoms with Gasteiger partial charge in [-0.1, -0.05) is 37.5 Å². The highest BCUT2D eigenvalue weighted by atomic mass is 32.2. The van der Waals surface area contributed by atoms with Crippen molar-refractivity contribution in [2.45, 2.75) is 61.6 Å². The highest BCUT2D eigenvalue weighted by Gasteiger charge is 2.52. The maximum Gasteiger partial charge on any atom is 0.247 e. The summed E-state index contributed by atoms with van der Waals surface area (Å²) in [7, 11) is 0. The zero-order valence-corrected chi connectivity index (χ0v) is 14.5. The second kappa shape index (κ2) is 5.64. The van der Waals surface area contributed by atoms with Crippen LogP contribution in [0.15, 0.2) is 34.7 Å². The molecule has 1 saturated heterocycles. The van der Waals surface area contributed by atoms with E-state index in [9.17, 15) is 0 Å². The van der Waals surface area contributed by atoms with Crippen molar-refractivity contribution < 1.29 is 4.42 Å². The van der Waals surface area contributed by atoms with Crippen LogP contribution in [0.25, 0.3) is 11.5 Å². The first kappa shape index (κ1) is 15.2. The Bertz CT molecular complexity index is 677. The molecule has 2 heterocycles. The maximum atomic E-state index is 6.03. The molecule has 4 nitrogen and oxygen atoms in total. The maximum absolute atomic E-state index is 6.03. The zero-order valence-electron chi connectivity index (χ0n) is 13.7. The quantitative estimate of drug-likeness (QED) is 0.875. The van der Waals surface area contributed by atoms with Crippen LogP contribution in [0.5, 0.6) is 0 Å². The van der Waals surface area contributed by atoms with Crippen molar-refractivity contribution in [3.8, 4) is 11.5 Å². The van der Waals surface area contributed by atoms with Crippen molar-refractivity contribution in [3.05, 3.63) is 36.2 Å². The molecule has 2 fully saturated rings. The summed E-state index contributed by atoms with van der Waals surface area (Å²) < 4.78 is 6.08. The van der Waals surface area contributed by atoms with Gasteiger partial charge < -0.3 is 4.42 Å². The average molecular weight is 329 g/mol. The molecule has 0 unspecified atom stereocenters. The van der Waals surface area contributed by atoms with E-state index in [1.54, 1.807) is 0 Å². The first-order valence-corrected chi connectivity index (χ1v) is 9.26. The molecule has 122 valence electrons. The molecule has 0 amide bonds. The Morgan fingerprint density at radius 1 is 1.09 bits per heavy atom. The van der Waals surface area contributed by atoms with E-state index in [-0.39, 0.29) is 15.7 Å². The van der Waals surface area contributed by atoms with Crippen molar-refractivity contribution >= 4 is 11.8 Å². The number of hydrogen-bond donors (Lipinski definition) is 1. The van der Waals surface area contributed by atoms with Gasteiger partial charge in [0.05, 0.1) is 4.87 Å². The number of nitrogens with zero attached hydrogens (tertiary/aromatic N) is 2. The third kappa shape index (κ3) is 2.81. The number of thioether (sulfide) groups is 1. The summed E-state index contributed by atoms with van der Waals surface area (Å²) in [6.45, 7) is 4.57. The van der Waals surface area contributed by atoms with E-state index in [1.165, 1.54) is 32.1 Å². The van der Waals surface area contributed by atoms with Crippen LogP contribution < -0.4 is 5.32 Å². The molecular weight excluding hydrogens is 306 g/mol. The van der Waals surface area contributed by atoms with Gasteiger partial charge in [0.1, 0.15) is 6.04 Å².